The van der Waals surface area contributed by atoms with Gasteiger partial charge in [0, 0.05) is 36.5 Å². The molecule has 1 saturated heterocycles. The monoisotopic (exact) mass is 434 g/mol. The molecule has 1 amide bonds. The molecule has 29 heavy (non-hydrogen) atoms. The fourth-order valence-electron chi connectivity index (χ4n) is 3.39. The number of halogens is 2. The summed E-state index contributed by atoms with van der Waals surface area (Å²) >= 11 is 7.52. The van der Waals surface area contributed by atoms with Crippen LogP contribution in [0.3, 0.4) is 0 Å². The van der Waals surface area contributed by atoms with Gasteiger partial charge in [-0.1, -0.05) is 29.0 Å². The highest BCUT2D eigenvalue weighted by Gasteiger charge is 2.26. The number of hydrogen-bond acceptors (Lipinski definition) is 5. The summed E-state index contributed by atoms with van der Waals surface area (Å²) in [5.41, 5.74) is 1.13. The van der Waals surface area contributed by atoms with Crippen LogP contribution in [0.15, 0.2) is 36.4 Å². The topological polar surface area (TPSA) is 51.7 Å². The lowest BCUT2D eigenvalue weighted by Crippen LogP contribution is -2.42. The maximum Gasteiger partial charge on any atom is 0.274 e. The molecule has 0 saturated carbocycles. The van der Waals surface area contributed by atoms with Crippen LogP contribution in [0, 0.1) is 5.82 Å². The summed E-state index contributed by atoms with van der Waals surface area (Å²) in [5.74, 6) is 0.216. The Morgan fingerprint density at radius 3 is 2.83 bits per heavy atom. The molecule has 0 radical (unpaired) electrons. The van der Waals surface area contributed by atoms with E-state index < -0.39 is 5.82 Å². The molecular weight excluding hydrogens is 415 g/mol. The van der Waals surface area contributed by atoms with E-state index in [-0.39, 0.29) is 29.0 Å². The van der Waals surface area contributed by atoms with Crippen LogP contribution in [0.25, 0.3) is 10.2 Å². The van der Waals surface area contributed by atoms with Gasteiger partial charge in [-0.15, -0.1) is 0 Å². The molecule has 0 atom stereocenters. The van der Waals surface area contributed by atoms with Crippen LogP contribution in [-0.2, 0) is 11.2 Å². The molecule has 152 valence electrons. The minimum absolute atomic E-state index is 0.00134. The number of aromatic nitrogens is 1. The molecule has 0 unspecified atom stereocenters. The summed E-state index contributed by atoms with van der Waals surface area (Å²) in [4.78, 5) is 18.8. The van der Waals surface area contributed by atoms with Gasteiger partial charge < -0.3 is 14.4 Å². The predicted octanol–water partition coefficient (Wildman–Crippen LogP) is 4.71. The molecule has 2 aromatic carbocycles. The van der Waals surface area contributed by atoms with Crippen LogP contribution in [0.2, 0.25) is 5.02 Å². The maximum atomic E-state index is 13.9. The summed E-state index contributed by atoms with van der Waals surface area (Å²) in [7, 11) is 1.63. The highest BCUT2D eigenvalue weighted by molar-refractivity contribution is 7.20. The molecule has 0 N–H and O–H groups in total. The van der Waals surface area contributed by atoms with Gasteiger partial charge in [0.05, 0.1) is 23.7 Å². The van der Waals surface area contributed by atoms with Gasteiger partial charge in [-0.2, -0.15) is 0 Å². The summed E-state index contributed by atoms with van der Waals surface area (Å²) < 4.78 is 26.2. The van der Waals surface area contributed by atoms with Crippen molar-refractivity contribution in [3.63, 3.8) is 0 Å². The minimum Gasteiger partial charge on any atom is -0.497 e. The first-order valence-electron chi connectivity index (χ1n) is 9.35. The molecule has 1 aliphatic heterocycles. The summed E-state index contributed by atoms with van der Waals surface area (Å²) in [5, 5.41) is 0.903. The number of nitrogens with zero attached hydrogens (tertiary/aromatic N) is 2. The van der Waals surface area contributed by atoms with Gasteiger partial charge in [-0.05, 0) is 30.3 Å². The van der Waals surface area contributed by atoms with Crippen LogP contribution >= 0.6 is 22.9 Å². The molecule has 0 aliphatic carbocycles. The van der Waals surface area contributed by atoms with Crippen molar-refractivity contribution in [2.24, 2.45) is 0 Å². The molecule has 0 bridgehead atoms. The second-order valence-corrected chi connectivity index (χ2v) is 8.29. The Morgan fingerprint density at radius 2 is 2.10 bits per heavy atom. The van der Waals surface area contributed by atoms with Gasteiger partial charge in [-0.3, -0.25) is 4.79 Å². The average molecular weight is 435 g/mol. The SMILES string of the molecule is COc1ccc2nc(OC3CCN(C(=O)Cc4c(F)cccc4Cl)CC3)sc2c1. The van der Waals surface area contributed by atoms with Crippen LogP contribution in [0.1, 0.15) is 18.4 Å². The minimum atomic E-state index is -0.448. The van der Waals surface area contributed by atoms with Crippen LogP contribution in [-0.4, -0.2) is 42.1 Å². The zero-order valence-corrected chi connectivity index (χ0v) is 17.4. The molecule has 5 nitrogen and oxygen atoms in total. The second kappa shape index (κ2) is 8.55. The lowest BCUT2D eigenvalue weighted by atomic mass is 10.1. The zero-order chi connectivity index (χ0) is 20.4. The first-order chi connectivity index (χ1) is 14.0. The molecule has 1 aromatic heterocycles. The van der Waals surface area contributed by atoms with E-state index in [0.29, 0.717) is 31.1 Å². The third kappa shape index (κ3) is 4.46. The quantitative estimate of drug-likeness (QED) is 0.583. The molecular formula is C21H20ClFN2O3S. The summed E-state index contributed by atoms with van der Waals surface area (Å²) in [6.07, 6.45) is 1.38. The fourth-order valence-corrected chi connectivity index (χ4v) is 4.53. The number of amides is 1. The Balaban J connectivity index is 1.34. The third-order valence-corrected chi connectivity index (χ3v) is 6.29. The number of ether oxygens (including phenoxy) is 2. The third-order valence-electron chi connectivity index (χ3n) is 5.03. The van der Waals surface area contributed by atoms with Crippen molar-refractivity contribution < 1.29 is 18.7 Å². The van der Waals surface area contributed by atoms with Crippen molar-refractivity contribution in [1.29, 1.82) is 0 Å². The van der Waals surface area contributed by atoms with E-state index in [9.17, 15) is 9.18 Å². The average Bonchev–Trinajstić information content (AvgIpc) is 3.12. The molecule has 4 rings (SSSR count). The molecule has 3 aromatic rings. The number of carbonyl (C=O) groups excluding carboxylic acids is 1. The molecule has 8 heteroatoms. The number of piperidine rings is 1. The fraction of sp³-hybridized carbons (Fsp3) is 0.333. The number of likely N-dealkylation sites (tertiary alicyclic amines) is 1. The van der Waals surface area contributed by atoms with Crippen molar-refractivity contribution in [2.75, 3.05) is 20.2 Å². The van der Waals surface area contributed by atoms with Gasteiger partial charge in [0.1, 0.15) is 17.7 Å². The lowest BCUT2D eigenvalue weighted by Gasteiger charge is -2.31. The largest absolute Gasteiger partial charge is 0.497 e. The van der Waals surface area contributed by atoms with Crippen LogP contribution in [0.4, 0.5) is 4.39 Å². The van der Waals surface area contributed by atoms with Crippen molar-refractivity contribution in [3.8, 4) is 10.9 Å². The lowest BCUT2D eigenvalue weighted by molar-refractivity contribution is -0.132. The Labute approximate surface area is 177 Å². The van der Waals surface area contributed by atoms with E-state index in [4.69, 9.17) is 21.1 Å². The number of rotatable bonds is 5. The Kier molecular flexibility index (Phi) is 5.87. The van der Waals surface area contributed by atoms with Crippen molar-refractivity contribution in [2.45, 2.75) is 25.4 Å². The molecule has 2 heterocycles. The smallest absolute Gasteiger partial charge is 0.274 e. The van der Waals surface area contributed by atoms with Gasteiger partial charge >= 0.3 is 0 Å². The first-order valence-corrected chi connectivity index (χ1v) is 10.5. The number of fused-ring (bicyclic) bond motifs is 1. The molecule has 0 spiro atoms. The van der Waals surface area contributed by atoms with Crippen molar-refractivity contribution in [1.82, 2.24) is 9.88 Å². The van der Waals surface area contributed by atoms with Crippen LogP contribution < -0.4 is 9.47 Å². The van der Waals surface area contributed by atoms with Crippen molar-refractivity contribution >= 4 is 39.1 Å². The van der Waals surface area contributed by atoms with E-state index in [2.05, 4.69) is 4.98 Å². The maximum absolute atomic E-state index is 13.9. The predicted molar refractivity (Wildman–Crippen MR) is 112 cm³/mol. The first kappa shape index (κ1) is 19.9. The van der Waals surface area contributed by atoms with E-state index >= 15 is 0 Å². The number of thiazole rings is 1. The highest BCUT2D eigenvalue weighted by Crippen LogP contribution is 2.32. The van der Waals surface area contributed by atoms with Crippen LogP contribution in [0.5, 0.6) is 10.9 Å². The summed E-state index contributed by atoms with van der Waals surface area (Å²) in [6.45, 7) is 1.13. The van der Waals surface area contributed by atoms with E-state index in [1.54, 1.807) is 18.1 Å². The number of carbonyl (C=O) groups is 1. The second-order valence-electron chi connectivity index (χ2n) is 6.89. The highest BCUT2D eigenvalue weighted by atomic mass is 35.5. The Morgan fingerprint density at radius 1 is 1.31 bits per heavy atom. The van der Waals surface area contributed by atoms with Gasteiger partial charge in [-0.25, -0.2) is 9.37 Å². The number of methoxy groups -OCH3 is 1. The van der Waals surface area contributed by atoms with E-state index in [1.807, 2.05) is 18.2 Å². The van der Waals surface area contributed by atoms with Crippen molar-refractivity contribution in [3.05, 3.63) is 52.8 Å². The Bertz CT molecular complexity index is 1010. The Hall–Kier alpha value is -2.38. The molecule has 1 fully saturated rings. The van der Waals surface area contributed by atoms with Gasteiger partial charge in [0.15, 0.2) is 0 Å². The standard InChI is InChI=1S/C21H20ClFN2O3S/c1-27-14-5-6-18-19(11-14)29-21(24-18)28-13-7-9-25(10-8-13)20(26)12-15-16(22)3-2-4-17(15)23/h2-6,11,13H,7-10,12H2,1H3. The van der Waals surface area contributed by atoms with Gasteiger partial charge in [0.25, 0.3) is 5.19 Å². The van der Waals surface area contributed by atoms with Gasteiger partial charge in [0.2, 0.25) is 5.91 Å². The van der Waals surface area contributed by atoms with E-state index in [1.165, 1.54) is 23.5 Å². The summed E-state index contributed by atoms with van der Waals surface area (Å²) in [6, 6.07) is 10.2. The number of hydrogen-bond donors (Lipinski definition) is 0. The molecule has 1 aliphatic rings. The van der Waals surface area contributed by atoms with E-state index in [0.717, 1.165) is 16.0 Å². The number of benzene rings is 2. The zero-order valence-electron chi connectivity index (χ0n) is 15.9. The normalized spacial score (nSPS) is 14.9.